The molecular formula is C9H14N2O2S. The van der Waals surface area contributed by atoms with Crippen molar-refractivity contribution in [1.29, 1.82) is 0 Å². The molecule has 0 radical (unpaired) electrons. The maximum Gasteiger partial charge on any atom is 0.303 e. The van der Waals surface area contributed by atoms with Gasteiger partial charge in [-0.05, 0) is 19.3 Å². The lowest BCUT2D eigenvalue weighted by atomic mass is 10.1. The number of nitrogen functional groups attached to an aromatic ring is 1. The molecule has 1 rings (SSSR count). The van der Waals surface area contributed by atoms with Crippen LogP contribution in [0, 0.1) is 0 Å². The van der Waals surface area contributed by atoms with Gasteiger partial charge in [-0.15, -0.1) is 11.3 Å². The fraction of sp³-hybridized carbons (Fsp3) is 0.556. The third-order valence-corrected chi connectivity index (χ3v) is 2.62. The van der Waals surface area contributed by atoms with E-state index in [2.05, 4.69) is 4.98 Å². The third kappa shape index (κ3) is 4.23. The second-order valence-electron chi connectivity index (χ2n) is 3.13. The van der Waals surface area contributed by atoms with Crippen molar-refractivity contribution >= 4 is 22.4 Å². The van der Waals surface area contributed by atoms with Crippen LogP contribution in [0.4, 0.5) is 5.13 Å². The molecule has 0 atom stereocenters. The first-order valence-electron chi connectivity index (χ1n) is 4.60. The number of aromatic nitrogens is 1. The third-order valence-electron chi connectivity index (χ3n) is 1.89. The first-order chi connectivity index (χ1) is 6.68. The highest BCUT2D eigenvalue weighted by Crippen LogP contribution is 2.13. The number of aliphatic carboxylic acids is 1. The van der Waals surface area contributed by atoms with Gasteiger partial charge in [0.1, 0.15) is 0 Å². The van der Waals surface area contributed by atoms with Crippen LogP contribution < -0.4 is 5.73 Å². The molecule has 1 aromatic rings. The van der Waals surface area contributed by atoms with Gasteiger partial charge in [0.15, 0.2) is 5.13 Å². The van der Waals surface area contributed by atoms with Crippen LogP contribution in [0.5, 0.6) is 0 Å². The summed E-state index contributed by atoms with van der Waals surface area (Å²) in [7, 11) is 0. The molecular weight excluding hydrogens is 200 g/mol. The highest BCUT2D eigenvalue weighted by Gasteiger charge is 2.00. The summed E-state index contributed by atoms with van der Waals surface area (Å²) in [6.45, 7) is 0. The predicted molar refractivity (Wildman–Crippen MR) is 56.3 cm³/mol. The molecule has 3 N–H and O–H groups in total. The number of aryl methyl sites for hydroxylation is 1. The molecule has 0 spiro atoms. The molecule has 1 aromatic heterocycles. The van der Waals surface area contributed by atoms with Crippen molar-refractivity contribution in [2.75, 3.05) is 5.73 Å². The van der Waals surface area contributed by atoms with Gasteiger partial charge in [0, 0.05) is 11.8 Å². The van der Waals surface area contributed by atoms with Gasteiger partial charge in [-0.2, -0.15) is 0 Å². The fourth-order valence-corrected chi connectivity index (χ4v) is 1.79. The van der Waals surface area contributed by atoms with Crippen molar-refractivity contribution in [3.63, 3.8) is 0 Å². The molecule has 78 valence electrons. The number of nitrogens with zero attached hydrogens (tertiary/aromatic N) is 1. The second kappa shape index (κ2) is 5.59. The van der Waals surface area contributed by atoms with Crippen LogP contribution in [0.2, 0.25) is 0 Å². The van der Waals surface area contributed by atoms with Crippen LogP contribution in [-0.4, -0.2) is 16.1 Å². The molecule has 0 unspecified atom stereocenters. The number of hydrogen-bond donors (Lipinski definition) is 2. The molecule has 14 heavy (non-hydrogen) atoms. The summed E-state index contributed by atoms with van der Waals surface area (Å²) in [5, 5.41) is 11.0. The van der Waals surface area contributed by atoms with Crippen LogP contribution in [0.3, 0.4) is 0 Å². The van der Waals surface area contributed by atoms with Crippen molar-refractivity contribution in [2.45, 2.75) is 32.1 Å². The van der Waals surface area contributed by atoms with Gasteiger partial charge in [-0.25, -0.2) is 4.98 Å². The molecule has 4 nitrogen and oxygen atoms in total. The van der Waals surface area contributed by atoms with Crippen molar-refractivity contribution in [1.82, 2.24) is 4.98 Å². The Bertz CT molecular complexity index is 299. The van der Waals surface area contributed by atoms with Gasteiger partial charge >= 0.3 is 5.97 Å². The summed E-state index contributed by atoms with van der Waals surface area (Å²) >= 11 is 1.45. The lowest BCUT2D eigenvalue weighted by Crippen LogP contribution is -1.94. The molecule has 0 aliphatic heterocycles. The predicted octanol–water partition coefficient (Wildman–Crippen LogP) is 1.91. The van der Waals surface area contributed by atoms with E-state index in [9.17, 15) is 4.79 Å². The monoisotopic (exact) mass is 214 g/mol. The quantitative estimate of drug-likeness (QED) is 0.709. The Kier molecular flexibility index (Phi) is 4.39. The Morgan fingerprint density at radius 3 is 2.86 bits per heavy atom. The summed E-state index contributed by atoms with van der Waals surface area (Å²) in [5.74, 6) is -0.720. The second-order valence-corrected chi connectivity index (χ2v) is 4.02. The summed E-state index contributed by atoms with van der Waals surface area (Å²) in [5.41, 5.74) is 6.49. The van der Waals surface area contributed by atoms with Crippen molar-refractivity contribution in [3.8, 4) is 0 Å². The standard InChI is InChI=1S/C9H14N2O2S/c10-9-11-7(6-14-9)4-2-1-3-5-8(12)13/h6H,1-5H2,(H2,10,11)(H,12,13). The van der Waals surface area contributed by atoms with Crippen molar-refractivity contribution in [3.05, 3.63) is 11.1 Å². The van der Waals surface area contributed by atoms with E-state index in [-0.39, 0.29) is 6.42 Å². The highest BCUT2D eigenvalue weighted by atomic mass is 32.1. The van der Waals surface area contributed by atoms with Crippen LogP contribution in [0.1, 0.15) is 31.4 Å². The van der Waals surface area contributed by atoms with Crippen LogP contribution in [0.25, 0.3) is 0 Å². The molecule has 1 heterocycles. The van der Waals surface area contributed by atoms with E-state index in [1.165, 1.54) is 11.3 Å². The van der Waals surface area contributed by atoms with E-state index in [0.717, 1.165) is 31.4 Å². The molecule has 0 aliphatic carbocycles. The van der Waals surface area contributed by atoms with E-state index >= 15 is 0 Å². The van der Waals surface area contributed by atoms with Gasteiger partial charge in [-0.3, -0.25) is 4.79 Å². The Labute approximate surface area is 86.8 Å². The Balaban J connectivity index is 2.07. The average molecular weight is 214 g/mol. The molecule has 0 saturated carbocycles. The number of anilines is 1. The Hall–Kier alpha value is -1.10. The number of carbonyl (C=O) groups is 1. The smallest absolute Gasteiger partial charge is 0.303 e. The molecule has 0 saturated heterocycles. The minimum Gasteiger partial charge on any atom is -0.481 e. The van der Waals surface area contributed by atoms with Gasteiger partial charge in [0.2, 0.25) is 0 Å². The molecule has 0 amide bonds. The van der Waals surface area contributed by atoms with Gasteiger partial charge in [0.25, 0.3) is 0 Å². The van der Waals surface area contributed by atoms with Crippen molar-refractivity contribution in [2.24, 2.45) is 0 Å². The molecule has 0 aliphatic rings. The average Bonchev–Trinajstić information content (AvgIpc) is 2.50. The summed E-state index contributed by atoms with van der Waals surface area (Å²) in [4.78, 5) is 14.3. The zero-order valence-electron chi connectivity index (χ0n) is 7.90. The minimum atomic E-state index is -0.720. The van der Waals surface area contributed by atoms with E-state index < -0.39 is 5.97 Å². The number of unbranched alkanes of at least 4 members (excludes halogenated alkanes) is 2. The van der Waals surface area contributed by atoms with Crippen molar-refractivity contribution < 1.29 is 9.90 Å². The van der Waals surface area contributed by atoms with Gasteiger partial charge in [-0.1, -0.05) is 6.42 Å². The first-order valence-corrected chi connectivity index (χ1v) is 5.48. The molecule has 0 fully saturated rings. The molecule has 5 heteroatoms. The highest BCUT2D eigenvalue weighted by molar-refractivity contribution is 7.13. The summed E-state index contributed by atoms with van der Waals surface area (Å²) in [6.07, 6.45) is 3.82. The van der Waals surface area contributed by atoms with Gasteiger partial charge < -0.3 is 10.8 Å². The maximum atomic E-state index is 10.2. The minimum absolute atomic E-state index is 0.263. The number of carboxylic acids is 1. The Morgan fingerprint density at radius 1 is 1.50 bits per heavy atom. The van der Waals surface area contributed by atoms with Crippen LogP contribution in [-0.2, 0) is 11.2 Å². The van der Waals surface area contributed by atoms with E-state index in [1.54, 1.807) is 0 Å². The number of hydrogen-bond acceptors (Lipinski definition) is 4. The topological polar surface area (TPSA) is 76.2 Å². The maximum absolute atomic E-state index is 10.2. The van der Waals surface area contributed by atoms with Crippen LogP contribution >= 0.6 is 11.3 Å². The molecule has 0 aromatic carbocycles. The lowest BCUT2D eigenvalue weighted by molar-refractivity contribution is -0.137. The normalized spacial score (nSPS) is 10.3. The van der Waals surface area contributed by atoms with Crippen LogP contribution in [0.15, 0.2) is 5.38 Å². The first kappa shape index (κ1) is 11.0. The zero-order chi connectivity index (χ0) is 10.4. The number of thiazole rings is 1. The molecule has 0 bridgehead atoms. The zero-order valence-corrected chi connectivity index (χ0v) is 8.72. The lowest BCUT2D eigenvalue weighted by Gasteiger charge is -1.96. The van der Waals surface area contributed by atoms with E-state index in [1.807, 2.05) is 5.38 Å². The number of rotatable bonds is 6. The Morgan fingerprint density at radius 2 is 2.29 bits per heavy atom. The summed E-state index contributed by atoms with van der Waals surface area (Å²) < 4.78 is 0. The summed E-state index contributed by atoms with van der Waals surface area (Å²) in [6, 6.07) is 0. The van der Waals surface area contributed by atoms with E-state index in [4.69, 9.17) is 10.8 Å². The van der Waals surface area contributed by atoms with Gasteiger partial charge in [0.05, 0.1) is 5.69 Å². The SMILES string of the molecule is Nc1nc(CCCCCC(=O)O)cs1. The fourth-order valence-electron chi connectivity index (χ4n) is 1.20. The number of nitrogens with two attached hydrogens (primary N) is 1. The van der Waals surface area contributed by atoms with E-state index in [0.29, 0.717) is 5.13 Å². The number of carboxylic acid groups (broad SMARTS) is 1. The largest absolute Gasteiger partial charge is 0.481 e.